The molecular formula is C24H30N8O5S. The largest absolute Gasteiger partial charge is 0.481 e. The predicted octanol–water partition coefficient (Wildman–Crippen LogP) is 3.34. The normalized spacial score (nSPS) is 14.3. The van der Waals surface area contributed by atoms with Gasteiger partial charge in [-0.05, 0) is 46.2 Å². The molecule has 0 saturated heterocycles. The highest BCUT2D eigenvalue weighted by molar-refractivity contribution is 7.93. The summed E-state index contributed by atoms with van der Waals surface area (Å²) in [7, 11) is -2.59. The number of anilines is 1. The summed E-state index contributed by atoms with van der Waals surface area (Å²) in [5.41, 5.74) is 1.27. The topological polar surface area (TPSA) is 160 Å². The monoisotopic (exact) mass is 542 g/mol. The molecule has 0 saturated carbocycles. The van der Waals surface area contributed by atoms with Gasteiger partial charge in [0.05, 0.1) is 25.5 Å². The highest BCUT2D eigenvalue weighted by atomic mass is 32.2. The number of hydrogen-bond acceptors (Lipinski definition) is 11. The third-order valence-electron chi connectivity index (χ3n) is 5.74. The molecule has 0 fully saturated rings. The minimum absolute atomic E-state index is 0.0338. The van der Waals surface area contributed by atoms with Gasteiger partial charge in [-0.25, -0.2) is 23.4 Å². The van der Waals surface area contributed by atoms with E-state index in [2.05, 4.69) is 35.0 Å². The van der Waals surface area contributed by atoms with E-state index in [0.29, 0.717) is 23.2 Å². The maximum absolute atomic E-state index is 13.7. The molecule has 4 rings (SSSR count). The molecule has 0 amide bonds. The van der Waals surface area contributed by atoms with Gasteiger partial charge in [-0.2, -0.15) is 0 Å². The molecule has 4 aromatic heterocycles. The molecule has 202 valence electrons. The number of aryl methyl sites for hydroxylation is 1. The maximum atomic E-state index is 13.7. The third kappa shape index (κ3) is 5.81. The van der Waals surface area contributed by atoms with E-state index >= 15 is 0 Å². The van der Waals surface area contributed by atoms with Gasteiger partial charge in [-0.1, -0.05) is 11.2 Å². The molecule has 3 atom stereocenters. The summed E-state index contributed by atoms with van der Waals surface area (Å²) in [6.07, 6.45) is 3.53. The molecule has 1 N–H and O–H groups in total. The Morgan fingerprint density at radius 1 is 1.05 bits per heavy atom. The quantitative estimate of drug-likeness (QED) is 0.296. The van der Waals surface area contributed by atoms with Gasteiger partial charge in [-0.3, -0.25) is 9.29 Å². The van der Waals surface area contributed by atoms with Crippen molar-refractivity contribution in [3.05, 3.63) is 60.0 Å². The highest BCUT2D eigenvalue weighted by Crippen LogP contribution is 2.31. The molecule has 0 aliphatic rings. The standard InChI is InChI=1S/C24H30N8O5S/c1-14(2)36-21(22-25-12-15(3)13-26-22)17(5)38(33,34)31-24-30-29-23(18-8-7-9-20(28-18)35-6)32(24)16(4)19-10-11-27-37-19/h7-14,16-17,21H,1-6H3,(H,30,31)/t16-,17-,21+/m0/s1. The zero-order valence-electron chi connectivity index (χ0n) is 21.9. The van der Waals surface area contributed by atoms with E-state index < -0.39 is 27.4 Å². The van der Waals surface area contributed by atoms with Crippen LogP contribution in [0.3, 0.4) is 0 Å². The van der Waals surface area contributed by atoms with Gasteiger partial charge >= 0.3 is 0 Å². The average molecular weight is 543 g/mol. The summed E-state index contributed by atoms with van der Waals surface area (Å²) < 4.78 is 48.1. The van der Waals surface area contributed by atoms with Crippen LogP contribution in [-0.2, 0) is 14.8 Å². The van der Waals surface area contributed by atoms with Crippen molar-refractivity contribution < 1.29 is 22.4 Å². The van der Waals surface area contributed by atoms with E-state index in [9.17, 15) is 8.42 Å². The molecule has 0 unspecified atom stereocenters. The van der Waals surface area contributed by atoms with Gasteiger partial charge < -0.3 is 14.0 Å². The lowest BCUT2D eigenvalue weighted by atomic mass is 10.2. The number of sulfonamides is 1. The van der Waals surface area contributed by atoms with E-state index in [0.717, 1.165) is 5.56 Å². The fourth-order valence-corrected chi connectivity index (χ4v) is 4.82. The second kappa shape index (κ2) is 11.2. The SMILES string of the molecule is COc1cccc(-c2nnc(NS(=O)(=O)[C@@H](C)[C@@H](OC(C)C)c3ncc(C)cn3)n2[C@@H](C)c2ccno2)n1. The van der Waals surface area contributed by atoms with Crippen LogP contribution in [0, 0.1) is 6.92 Å². The number of ether oxygens (including phenoxy) is 2. The van der Waals surface area contributed by atoms with Gasteiger partial charge in [0.2, 0.25) is 21.9 Å². The van der Waals surface area contributed by atoms with Gasteiger partial charge in [0.15, 0.2) is 17.4 Å². The predicted molar refractivity (Wildman–Crippen MR) is 138 cm³/mol. The first-order valence-electron chi connectivity index (χ1n) is 11.9. The lowest BCUT2D eigenvalue weighted by Gasteiger charge is -2.25. The number of nitrogens with zero attached hydrogens (tertiary/aromatic N) is 7. The van der Waals surface area contributed by atoms with E-state index in [-0.39, 0.29) is 17.9 Å². The molecule has 0 bridgehead atoms. The van der Waals surface area contributed by atoms with Crippen LogP contribution in [0.5, 0.6) is 5.88 Å². The van der Waals surface area contributed by atoms with Crippen molar-refractivity contribution in [2.75, 3.05) is 11.8 Å². The van der Waals surface area contributed by atoms with Crippen molar-refractivity contribution in [1.29, 1.82) is 0 Å². The van der Waals surface area contributed by atoms with E-state index in [1.54, 1.807) is 48.1 Å². The maximum Gasteiger partial charge on any atom is 0.240 e. The number of aromatic nitrogens is 7. The summed E-state index contributed by atoms with van der Waals surface area (Å²) in [6, 6.07) is 6.30. The summed E-state index contributed by atoms with van der Waals surface area (Å²) in [4.78, 5) is 13.1. The summed E-state index contributed by atoms with van der Waals surface area (Å²) in [5.74, 6) is 1.37. The zero-order chi connectivity index (χ0) is 27.4. The molecule has 0 radical (unpaired) electrons. The smallest absolute Gasteiger partial charge is 0.240 e. The van der Waals surface area contributed by atoms with Crippen LogP contribution in [0.25, 0.3) is 11.5 Å². The average Bonchev–Trinajstić information content (AvgIpc) is 3.57. The first kappa shape index (κ1) is 27.1. The number of rotatable bonds is 11. The fraction of sp³-hybridized carbons (Fsp3) is 0.417. The number of nitrogens with one attached hydrogen (secondary N) is 1. The second-order valence-corrected chi connectivity index (χ2v) is 11.0. The molecule has 4 aromatic rings. The lowest BCUT2D eigenvalue weighted by molar-refractivity contribution is 0.00152. The molecule has 14 heteroatoms. The third-order valence-corrected chi connectivity index (χ3v) is 7.43. The lowest BCUT2D eigenvalue weighted by Crippen LogP contribution is -2.35. The molecular weight excluding hydrogens is 512 g/mol. The van der Waals surface area contributed by atoms with Crippen LogP contribution in [-0.4, -0.2) is 61.8 Å². The molecule has 4 heterocycles. The Morgan fingerprint density at radius 3 is 2.42 bits per heavy atom. The van der Waals surface area contributed by atoms with E-state index in [1.165, 1.54) is 20.2 Å². The Morgan fingerprint density at radius 2 is 1.79 bits per heavy atom. The van der Waals surface area contributed by atoms with Crippen molar-refractivity contribution in [1.82, 2.24) is 34.9 Å². The summed E-state index contributed by atoms with van der Waals surface area (Å²) >= 11 is 0. The Hall–Kier alpha value is -3.91. The first-order valence-corrected chi connectivity index (χ1v) is 13.5. The summed E-state index contributed by atoms with van der Waals surface area (Å²) in [6.45, 7) is 8.82. The van der Waals surface area contributed by atoms with E-state index in [1.807, 2.05) is 20.8 Å². The minimum atomic E-state index is -4.09. The Labute approximate surface area is 220 Å². The van der Waals surface area contributed by atoms with Crippen molar-refractivity contribution in [3.8, 4) is 17.4 Å². The Balaban J connectivity index is 1.74. The van der Waals surface area contributed by atoms with Crippen LogP contribution in [0.4, 0.5) is 5.95 Å². The minimum Gasteiger partial charge on any atom is -0.481 e. The Bertz CT molecular complexity index is 1460. The number of methoxy groups -OCH3 is 1. The van der Waals surface area contributed by atoms with Gasteiger partial charge in [0, 0.05) is 24.5 Å². The van der Waals surface area contributed by atoms with Crippen molar-refractivity contribution in [2.45, 2.75) is 58.1 Å². The molecule has 0 aliphatic carbocycles. The molecule has 0 aliphatic heterocycles. The first-order chi connectivity index (χ1) is 18.1. The molecule has 0 aromatic carbocycles. The van der Waals surface area contributed by atoms with Gasteiger partial charge in [0.1, 0.15) is 17.0 Å². The van der Waals surface area contributed by atoms with Crippen LogP contribution in [0.1, 0.15) is 57.0 Å². The summed E-state index contributed by atoms with van der Waals surface area (Å²) in [5, 5.41) is 11.1. The van der Waals surface area contributed by atoms with Crippen molar-refractivity contribution >= 4 is 16.0 Å². The Kier molecular flexibility index (Phi) is 8.02. The van der Waals surface area contributed by atoms with Crippen LogP contribution < -0.4 is 9.46 Å². The van der Waals surface area contributed by atoms with Gasteiger partial charge in [0.25, 0.3) is 0 Å². The highest BCUT2D eigenvalue weighted by Gasteiger charge is 2.36. The van der Waals surface area contributed by atoms with Crippen LogP contribution >= 0.6 is 0 Å². The van der Waals surface area contributed by atoms with Crippen LogP contribution in [0.2, 0.25) is 0 Å². The van der Waals surface area contributed by atoms with Crippen LogP contribution in [0.15, 0.2) is 47.4 Å². The van der Waals surface area contributed by atoms with Crippen molar-refractivity contribution in [2.24, 2.45) is 0 Å². The molecule has 38 heavy (non-hydrogen) atoms. The zero-order valence-corrected chi connectivity index (χ0v) is 22.7. The molecule has 0 spiro atoms. The fourth-order valence-electron chi connectivity index (χ4n) is 3.73. The van der Waals surface area contributed by atoms with Crippen molar-refractivity contribution in [3.63, 3.8) is 0 Å². The molecule has 13 nitrogen and oxygen atoms in total. The van der Waals surface area contributed by atoms with E-state index in [4.69, 9.17) is 14.0 Å². The van der Waals surface area contributed by atoms with Gasteiger partial charge in [-0.15, -0.1) is 10.2 Å². The second-order valence-electron chi connectivity index (χ2n) is 8.95. The number of pyridine rings is 1. The number of hydrogen-bond donors (Lipinski definition) is 1.